The first-order valence-electron chi connectivity index (χ1n) is 6.94. The number of benzene rings is 2. The monoisotopic (exact) mass is 305 g/mol. The Balaban J connectivity index is 2.17. The molecule has 0 fully saturated rings. The van der Waals surface area contributed by atoms with Crippen molar-refractivity contribution in [2.45, 2.75) is 18.9 Å². The second kappa shape index (κ2) is 7.13. The first-order valence-corrected chi connectivity index (χ1v) is 6.94. The molecule has 2 unspecified atom stereocenters. The number of carbonyl (C=O) groups is 1. The summed E-state index contributed by atoms with van der Waals surface area (Å²) in [6, 6.07) is 11.8. The van der Waals surface area contributed by atoms with E-state index in [1.54, 1.807) is 24.3 Å². The summed E-state index contributed by atoms with van der Waals surface area (Å²) in [5, 5.41) is 12.0. The molecule has 0 spiro atoms. The van der Waals surface area contributed by atoms with Gasteiger partial charge in [0.1, 0.15) is 11.6 Å². The number of hydrogen-bond donors (Lipinski definition) is 2. The van der Waals surface area contributed by atoms with Crippen LogP contribution < -0.4 is 5.32 Å². The highest BCUT2D eigenvalue weighted by atomic mass is 19.1. The van der Waals surface area contributed by atoms with E-state index in [4.69, 9.17) is 0 Å². The van der Waals surface area contributed by atoms with Crippen molar-refractivity contribution in [3.63, 3.8) is 0 Å². The number of aliphatic hydroxyl groups excluding tert-OH is 1. The maximum absolute atomic E-state index is 13.7. The van der Waals surface area contributed by atoms with Crippen LogP contribution in [0.15, 0.2) is 48.5 Å². The summed E-state index contributed by atoms with van der Waals surface area (Å²) in [6.07, 6.45) is 0. The minimum atomic E-state index is -1.00. The highest BCUT2D eigenvalue weighted by Gasteiger charge is 2.24. The van der Waals surface area contributed by atoms with Gasteiger partial charge in [0.2, 0.25) is 5.91 Å². The third-order valence-electron chi connectivity index (χ3n) is 3.53. The third-order valence-corrected chi connectivity index (χ3v) is 3.53. The summed E-state index contributed by atoms with van der Waals surface area (Å²) in [5.74, 6) is -3.07. The first kappa shape index (κ1) is 16.1. The quantitative estimate of drug-likeness (QED) is 0.892. The molecule has 0 bridgehead atoms. The standard InChI is InChI=1S/C17H17F2NO2/c1-11(16-13(18)8-5-9-14(16)19)17(22)20-15(10-21)12-6-3-2-4-7-12/h2-9,11,15,21H,10H2,1H3,(H,20,22). The van der Waals surface area contributed by atoms with Crippen LogP contribution in [-0.2, 0) is 4.79 Å². The molecule has 2 rings (SSSR count). The molecule has 0 radical (unpaired) electrons. The van der Waals surface area contributed by atoms with Crippen LogP contribution in [-0.4, -0.2) is 17.6 Å². The van der Waals surface area contributed by atoms with Crippen molar-refractivity contribution in [1.82, 2.24) is 5.32 Å². The summed E-state index contributed by atoms with van der Waals surface area (Å²) in [7, 11) is 0. The molecule has 0 saturated carbocycles. The molecule has 0 heterocycles. The normalized spacial score (nSPS) is 13.5. The Bertz CT molecular complexity index is 626. The molecule has 1 amide bonds. The lowest BCUT2D eigenvalue weighted by Crippen LogP contribution is -2.34. The SMILES string of the molecule is CC(C(=O)NC(CO)c1ccccc1)c1c(F)cccc1F. The molecule has 5 heteroatoms. The molecule has 2 N–H and O–H groups in total. The summed E-state index contributed by atoms with van der Waals surface area (Å²) >= 11 is 0. The van der Waals surface area contributed by atoms with Crippen molar-refractivity contribution in [3.8, 4) is 0 Å². The molecule has 2 aromatic carbocycles. The largest absolute Gasteiger partial charge is 0.394 e. The zero-order valence-electron chi connectivity index (χ0n) is 12.1. The van der Waals surface area contributed by atoms with Crippen molar-refractivity contribution in [2.75, 3.05) is 6.61 Å². The fraction of sp³-hybridized carbons (Fsp3) is 0.235. The van der Waals surface area contributed by atoms with Gasteiger partial charge in [-0.25, -0.2) is 8.78 Å². The molecule has 116 valence electrons. The van der Waals surface area contributed by atoms with Crippen LogP contribution in [0.4, 0.5) is 8.78 Å². The molecule has 0 aliphatic heterocycles. The van der Waals surface area contributed by atoms with Gasteiger partial charge in [0, 0.05) is 5.56 Å². The molecule has 0 aliphatic rings. The lowest BCUT2D eigenvalue weighted by molar-refractivity contribution is -0.123. The van der Waals surface area contributed by atoms with Gasteiger partial charge in [-0.1, -0.05) is 36.4 Å². The number of carbonyl (C=O) groups excluding carboxylic acids is 1. The molecule has 0 aromatic heterocycles. The number of nitrogens with one attached hydrogen (secondary N) is 1. The van der Waals surface area contributed by atoms with Crippen molar-refractivity contribution in [3.05, 3.63) is 71.3 Å². The van der Waals surface area contributed by atoms with Crippen LogP contribution in [0, 0.1) is 11.6 Å². The zero-order chi connectivity index (χ0) is 16.1. The van der Waals surface area contributed by atoms with Crippen LogP contribution >= 0.6 is 0 Å². The molecule has 0 saturated heterocycles. The van der Waals surface area contributed by atoms with Gasteiger partial charge in [0.25, 0.3) is 0 Å². The van der Waals surface area contributed by atoms with Crippen LogP contribution in [0.3, 0.4) is 0 Å². The second-order valence-electron chi connectivity index (χ2n) is 5.01. The van der Waals surface area contributed by atoms with Gasteiger partial charge < -0.3 is 10.4 Å². The van der Waals surface area contributed by atoms with E-state index in [9.17, 15) is 18.7 Å². The van der Waals surface area contributed by atoms with Gasteiger partial charge >= 0.3 is 0 Å². The van der Waals surface area contributed by atoms with E-state index in [1.165, 1.54) is 13.0 Å². The van der Waals surface area contributed by atoms with E-state index in [-0.39, 0.29) is 12.2 Å². The van der Waals surface area contributed by atoms with Gasteiger partial charge in [-0.05, 0) is 24.6 Å². The van der Waals surface area contributed by atoms with E-state index >= 15 is 0 Å². The molecule has 22 heavy (non-hydrogen) atoms. The third kappa shape index (κ3) is 3.49. The van der Waals surface area contributed by atoms with Crippen LogP contribution in [0.25, 0.3) is 0 Å². The van der Waals surface area contributed by atoms with Gasteiger partial charge in [0.05, 0.1) is 18.6 Å². The van der Waals surface area contributed by atoms with Crippen molar-refractivity contribution in [1.29, 1.82) is 0 Å². The minimum absolute atomic E-state index is 0.273. The van der Waals surface area contributed by atoms with E-state index < -0.39 is 29.5 Å². The van der Waals surface area contributed by atoms with E-state index in [1.807, 2.05) is 6.07 Å². The Morgan fingerprint density at radius 2 is 1.68 bits per heavy atom. The maximum Gasteiger partial charge on any atom is 0.228 e. The number of rotatable bonds is 5. The maximum atomic E-state index is 13.7. The van der Waals surface area contributed by atoms with Gasteiger partial charge in [0.15, 0.2) is 0 Å². The second-order valence-corrected chi connectivity index (χ2v) is 5.01. The van der Waals surface area contributed by atoms with Gasteiger partial charge in [-0.2, -0.15) is 0 Å². The lowest BCUT2D eigenvalue weighted by Gasteiger charge is -2.20. The first-order chi connectivity index (χ1) is 10.5. The minimum Gasteiger partial charge on any atom is -0.394 e. The molecular formula is C17H17F2NO2. The predicted octanol–water partition coefficient (Wildman–Crippen LogP) is 2.92. The van der Waals surface area contributed by atoms with E-state index in [2.05, 4.69) is 5.32 Å². The molecular weight excluding hydrogens is 288 g/mol. The smallest absolute Gasteiger partial charge is 0.228 e. The fourth-order valence-corrected chi connectivity index (χ4v) is 2.27. The number of aliphatic hydroxyl groups is 1. The molecule has 2 atom stereocenters. The van der Waals surface area contributed by atoms with Crippen LogP contribution in [0.1, 0.15) is 30.0 Å². The average Bonchev–Trinajstić information content (AvgIpc) is 2.52. The number of halogens is 2. The zero-order valence-corrected chi connectivity index (χ0v) is 12.1. The Hall–Kier alpha value is -2.27. The fourth-order valence-electron chi connectivity index (χ4n) is 2.27. The van der Waals surface area contributed by atoms with Crippen molar-refractivity contribution < 1.29 is 18.7 Å². The van der Waals surface area contributed by atoms with Crippen molar-refractivity contribution >= 4 is 5.91 Å². The number of amides is 1. The van der Waals surface area contributed by atoms with Crippen LogP contribution in [0.2, 0.25) is 0 Å². The molecule has 0 aliphatic carbocycles. The predicted molar refractivity (Wildman–Crippen MR) is 79.2 cm³/mol. The van der Waals surface area contributed by atoms with Crippen molar-refractivity contribution in [2.24, 2.45) is 0 Å². The summed E-state index contributed by atoms with van der Waals surface area (Å²) in [6.45, 7) is 1.12. The Morgan fingerprint density at radius 1 is 1.09 bits per heavy atom. The van der Waals surface area contributed by atoms with Gasteiger partial charge in [-0.3, -0.25) is 4.79 Å². The highest BCUT2D eigenvalue weighted by Crippen LogP contribution is 2.23. The Labute approximate surface area is 127 Å². The topological polar surface area (TPSA) is 49.3 Å². The van der Waals surface area contributed by atoms with Gasteiger partial charge in [-0.15, -0.1) is 0 Å². The summed E-state index contributed by atoms with van der Waals surface area (Å²) in [5.41, 5.74) is 0.448. The van der Waals surface area contributed by atoms with E-state index in [0.717, 1.165) is 17.7 Å². The molecule has 2 aromatic rings. The Morgan fingerprint density at radius 3 is 2.23 bits per heavy atom. The number of hydrogen-bond acceptors (Lipinski definition) is 2. The van der Waals surface area contributed by atoms with Crippen LogP contribution in [0.5, 0.6) is 0 Å². The Kier molecular flexibility index (Phi) is 5.22. The highest BCUT2D eigenvalue weighted by molar-refractivity contribution is 5.83. The van der Waals surface area contributed by atoms with E-state index in [0.29, 0.717) is 0 Å². The summed E-state index contributed by atoms with van der Waals surface area (Å²) in [4.78, 5) is 12.2. The lowest BCUT2D eigenvalue weighted by atomic mass is 9.98. The average molecular weight is 305 g/mol. The molecule has 3 nitrogen and oxygen atoms in total. The summed E-state index contributed by atoms with van der Waals surface area (Å²) < 4.78 is 27.5.